The molecule has 0 nitrogen and oxygen atoms in total. The predicted molar refractivity (Wildman–Crippen MR) is 71.1 cm³/mol. The van der Waals surface area contributed by atoms with Gasteiger partial charge in [0.25, 0.3) is 0 Å². The molecule has 74 valence electrons. The first-order chi connectivity index (χ1) is 7.36. The maximum absolute atomic E-state index is 3.87. The summed E-state index contributed by atoms with van der Waals surface area (Å²) in [5, 5.41) is 1.28. The van der Waals surface area contributed by atoms with E-state index < -0.39 is 0 Å². The summed E-state index contributed by atoms with van der Waals surface area (Å²) < 4.78 is 1.30. The Morgan fingerprint density at radius 3 is 2.67 bits per heavy atom. The molecule has 2 rings (SSSR count). The van der Waals surface area contributed by atoms with Crippen molar-refractivity contribution < 1.29 is 0 Å². The molecular formula is C14H12S. The van der Waals surface area contributed by atoms with E-state index in [4.69, 9.17) is 0 Å². The lowest BCUT2D eigenvalue weighted by Crippen LogP contribution is -1.70. The minimum absolute atomic E-state index is 1.22. The van der Waals surface area contributed by atoms with Crippen LogP contribution in [0.5, 0.6) is 0 Å². The highest BCUT2D eigenvalue weighted by molar-refractivity contribution is 7.20. The van der Waals surface area contributed by atoms with Crippen molar-refractivity contribution in [3.8, 4) is 0 Å². The maximum atomic E-state index is 3.87. The molecule has 0 amide bonds. The molecule has 1 aromatic heterocycles. The van der Waals surface area contributed by atoms with Crippen molar-refractivity contribution in [3.63, 3.8) is 0 Å². The second-order valence-electron chi connectivity index (χ2n) is 3.18. The summed E-state index contributed by atoms with van der Waals surface area (Å²) in [5.41, 5.74) is 1.22. The van der Waals surface area contributed by atoms with Crippen LogP contribution >= 0.6 is 11.3 Å². The van der Waals surface area contributed by atoms with Crippen molar-refractivity contribution in [2.75, 3.05) is 0 Å². The van der Waals surface area contributed by atoms with Crippen LogP contribution in [0.4, 0.5) is 0 Å². The quantitative estimate of drug-likeness (QED) is 0.644. The van der Waals surface area contributed by atoms with Crippen molar-refractivity contribution in [3.05, 3.63) is 60.0 Å². The van der Waals surface area contributed by atoms with Crippen LogP contribution in [0.15, 0.2) is 49.6 Å². The minimum Gasteiger partial charge on any atom is -0.135 e. The number of hydrogen-bond donors (Lipinski definition) is 0. The molecule has 0 spiro atoms. The van der Waals surface area contributed by atoms with Gasteiger partial charge in [-0.05, 0) is 17.7 Å². The maximum Gasteiger partial charge on any atom is 0.0355 e. The second kappa shape index (κ2) is 4.28. The van der Waals surface area contributed by atoms with Crippen molar-refractivity contribution in [1.29, 1.82) is 0 Å². The zero-order valence-corrected chi connectivity index (χ0v) is 9.26. The molecule has 1 heterocycles. The molecule has 1 aromatic carbocycles. The van der Waals surface area contributed by atoms with E-state index in [9.17, 15) is 0 Å². The number of benzene rings is 1. The first-order valence-corrected chi connectivity index (χ1v) is 5.61. The highest BCUT2D eigenvalue weighted by Crippen LogP contribution is 2.32. The van der Waals surface area contributed by atoms with Gasteiger partial charge in [0.15, 0.2) is 0 Å². The van der Waals surface area contributed by atoms with Gasteiger partial charge in [-0.15, -0.1) is 11.3 Å². The molecule has 2 aromatic rings. The van der Waals surface area contributed by atoms with Crippen LogP contribution in [-0.4, -0.2) is 0 Å². The van der Waals surface area contributed by atoms with E-state index in [1.54, 1.807) is 17.4 Å². The monoisotopic (exact) mass is 212 g/mol. The summed E-state index contributed by atoms with van der Waals surface area (Å²) in [7, 11) is 0. The fourth-order valence-electron chi connectivity index (χ4n) is 1.57. The number of rotatable bonds is 3. The zero-order chi connectivity index (χ0) is 10.7. The lowest BCUT2D eigenvalue weighted by atomic mass is 10.1. The lowest BCUT2D eigenvalue weighted by Gasteiger charge is -1.91. The Balaban J connectivity index is 2.68. The summed E-state index contributed by atoms with van der Waals surface area (Å²) in [6.07, 6.45) is 7.74. The Hall–Kier alpha value is -1.60. The molecule has 0 saturated carbocycles. The lowest BCUT2D eigenvalue weighted by molar-refractivity contribution is 1.82. The third-order valence-electron chi connectivity index (χ3n) is 2.25. The first-order valence-electron chi connectivity index (χ1n) is 4.80. The summed E-state index contributed by atoms with van der Waals surface area (Å²) >= 11 is 1.78. The molecule has 0 fully saturated rings. The molecule has 0 bridgehead atoms. The second-order valence-corrected chi connectivity index (χ2v) is 4.26. The van der Waals surface area contributed by atoms with Crippen molar-refractivity contribution in [2.24, 2.45) is 0 Å². The Kier molecular flexibility index (Phi) is 2.84. The normalized spacial score (nSPS) is 10.9. The van der Waals surface area contributed by atoms with Crippen LogP contribution in [0.3, 0.4) is 0 Å². The summed E-state index contributed by atoms with van der Waals surface area (Å²) in [4.78, 5) is 1.24. The number of thiophene rings is 1. The molecule has 0 N–H and O–H groups in total. The van der Waals surface area contributed by atoms with E-state index in [-0.39, 0.29) is 0 Å². The van der Waals surface area contributed by atoms with Gasteiger partial charge < -0.3 is 0 Å². The highest BCUT2D eigenvalue weighted by Gasteiger charge is 2.05. The predicted octanol–water partition coefficient (Wildman–Crippen LogP) is 4.74. The van der Waals surface area contributed by atoms with Gasteiger partial charge in [0, 0.05) is 15.0 Å². The third kappa shape index (κ3) is 1.79. The molecule has 0 atom stereocenters. The van der Waals surface area contributed by atoms with E-state index in [2.05, 4.69) is 43.5 Å². The molecule has 0 aliphatic rings. The SMILES string of the molecule is C=C/C=C\c1sc2ccccc2c1C=C. The van der Waals surface area contributed by atoms with E-state index in [0.717, 1.165) is 0 Å². The average molecular weight is 212 g/mol. The Labute approximate surface area is 93.9 Å². The Morgan fingerprint density at radius 2 is 1.93 bits per heavy atom. The van der Waals surface area contributed by atoms with Crippen LogP contribution in [0.1, 0.15) is 10.4 Å². The fourth-order valence-corrected chi connectivity index (χ4v) is 2.70. The van der Waals surface area contributed by atoms with Crippen LogP contribution in [0.2, 0.25) is 0 Å². The standard InChI is InChI=1S/C14H12S/c1-3-5-9-13-11(4-2)12-8-6-7-10-14(12)15-13/h3-10H,1-2H2/b9-5-. The van der Waals surface area contributed by atoms with Gasteiger partial charge in [-0.3, -0.25) is 0 Å². The number of hydrogen-bond acceptors (Lipinski definition) is 1. The molecule has 0 aliphatic carbocycles. The largest absolute Gasteiger partial charge is 0.135 e. The fraction of sp³-hybridized carbons (Fsp3) is 0. The van der Waals surface area contributed by atoms with Gasteiger partial charge in [0.05, 0.1) is 0 Å². The van der Waals surface area contributed by atoms with Gasteiger partial charge >= 0.3 is 0 Å². The number of fused-ring (bicyclic) bond motifs is 1. The van der Waals surface area contributed by atoms with Crippen LogP contribution in [0, 0.1) is 0 Å². The topological polar surface area (TPSA) is 0 Å². The summed E-state index contributed by atoms with van der Waals surface area (Å²) in [6.45, 7) is 7.55. The van der Waals surface area contributed by atoms with Gasteiger partial charge in [0.1, 0.15) is 0 Å². The average Bonchev–Trinajstić information content (AvgIpc) is 2.63. The van der Waals surface area contributed by atoms with Crippen LogP contribution in [-0.2, 0) is 0 Å². The summed E-state index contributed by atoms with van der Waals surface area (Å²) in [5.74, 6) is 0. The van der Waals surface area contributed by atoms with Crippen LogP contribution in [0.25, 0.3) is 22.2 Å². The van der Waals surface area contributed by atoms with E-state index >= 15 is 0 Å². The van der Waals surface area contributed by atoms with Gasteiger partial charge in [0.2, 0.25) is 0 Å². The zero-order valence-electron chi connectivity index (χ0n) is 8.44. The molecule has 15 heavy (non-hydrogen) atoms. The molecular weight excluding hydrogens is 200 g/mol. The highest BCUT2D eigenvalue weighted by atomic mass is 32.1. The first kappa shape index (κ1) is 9.94. The van der Waals surface area contributed by atoms with Gasteiger partial charge in [-0.1, -0.05) is 49.6 Å². The van der Waals surface area contributed by atoms with E-state index in [0.29, 0.717) is 0 Å². The Bertz CT molecular complexity index is 529. The van der Waals surface area contributed by atoms with E-state index in [1.807, 2.05) is 12.2 Å². The van der Waals surface area contributed by atoms with Crippen LogP contribution < -0.4 is 0 Å². The molecule has 0 unspecified atom stereocenters. The minimum atomic E-state index is 1.22. The van der Waals surface area contributed by atoms with Gasteiger partial charge in [-0.2, -0.15) is 0 Å². The number of allylic oxidation sites excluding steroid dienone is 2. The van der Waals surface area contributed by atoms with Crippen molar-refractivity contribution in [1.82, 2.24) is 0 Å². The van der Waals surface area contributed by atoms with Crippen molar-refractivity contribution in [2.45, 2.75) is 0 Å². The van der Waals surface area contributed by atoms with Crippen molar-refractivity contribution >= 4 is 33.6 Å². The molecule has 1 heteroatoms. The van der Waals surface area contributed by atoms with E-state index in [1.165, 1.54) is 20.5 Å². The molecule has 0 saturated heterocycles. The van der Waals surface area contributed by atoms with Gasteiger partial charge in [-0.25, -0.2) is 0 Å². The molecule has 0 radical (unpaired) electrons. The summed E-state index contributed by atoms with van der Waals surface area (Å²) in [6, 6.07) is 8.39. The Morgan fingerprint density at radius 1 is 1.13 bits per heavy atom. The smallest absolute Gasteiger partial charge is 0.0355 e. The third-order valence-corrected chi connectivity index (χ3v) is 3.40. The molecule has 0 aliphatic heterocycles.